The maximum absolute atomic E-state index is 3.61. The van der Waals surface area contributed by atoms with Crippen LogP contribution in [0.5, 0.6) is 0 Å². The largest absolute Gasteiger partial charge is 0.356 e. The van der Waals surface area contributed by atoms with Crippen molar-refractivity contribution in [1.29, 1.82) is 0 Å². The Kier molecular flexibility index (Phi) is 6.90. The predicted octanol–water partition coefficient (Wildman–Crippen LogP) is 12.4. The molecule has 1 nitrogen and oxygen atoms in total. The maximum Gasteiger partial charge on any atom is 0.0384 e. The Hall–Kier alpha value is -5.92. The van der Waals surface area contributed by atoms with Gasteiger partial charge >= 0.3 is 0 Å². The Morgan fingerprint density at radius 1 is 0.244 bits per heavy atom. The summed E-state index contributed by atoms with van der Waals surface area (Å²) in [6, 6.07) is 65.2. The molecule has 0 radical (unpaired) electrons. The topological polar surface area (TPSA) is 12.0 Å². The van der Waals surface area contributed by atoms with Crippen molar-refractivity contribution in [1.82, 2.24) is 0 Å². The molecule has 0 aliphatic carbocycles. The van der Waals surface area contributed by atoms with Crippen molar-refractivity contribution in [2.24, 2.45) is 0 Å². The van der Waals surface area contributed by atoms with E-state index in [1.54, 1.807) is 0 Å². The summed E-state index contributed by atoms with van der Waals surface area (Å²) in [5, 5.41) is 8.67. The van der Waals surface area contributed by atoms with Gasteiger partial charge in [-0.05, 0) is 90.3 Å². The van der Waals surface area contributed by atoms with Crippen molar-refractivity contribution in [3.8, 4) is 44.5 Å². The van der Waals surface area contributed by atoms with Crippen LogP contribution in [0.15, 0.2) is 182 Å². The van der Waals surface area contributed by atoms with Crippen molar-refractivity contribution in [2.75, 3.05) is 5.32 Å². The van der Waals surface area contributed by atoms with Crippen LogP contribution in [-0.4, -0.2) is 0 Å². The standard InChI is InChI=1S/C44H31N/c1-3-11-31(12-4-1)39-19-7-15-35-17-9-21-41(43(35)39)33-23-27-37(28-24-33)45-38-29-25-34(26-30-38)42-22-10-18-36-16-8-20-40(44(36)42)32-13-5-2-6-14-32/h1-30,45H. The third-order valence-electron chi connectivity index (χ3n) is 8.66. The molecular weight excluding hydrogens is 542 g/mol. The molecule has 0 fully saturated rings. The molecular formula is C44H31N. The van der Waals surface area contributed by atoms with Gasteiger partial charge in [-0.3, -0.25) is 0 Å². The van der Waals surface area contributed by atoms with Gasteiger partial charge in [0.25, 0.3) is 0 Å². The number of fused-ring (bicyclic) bond motifs is 2. The average Bonchev–Trinajstić information content (AvgIpc) is 3.12. The Balaban J connectivity index is 1.09. The quantitative estimate of drug-likeness (QED) is 0.209. The van der Waals surface area contributed by atoms with Crippen LogP contribution in [0.1, 0.15) is 0 Å². The smallest absolute Gasteiger partial charge is 0.0384 e. The van der Waals surface area contributed by atoms with Gasteiger partial charge in [0.15, 0.2) is 0 Å². The molecule has 0 spiro atoms. The van der Waals surface area contributed by atoms with Crippen LogP contribution in [-0.2, 0) is 0 Å². The molecule has 1 N–H and O–H groups in total. The molecule has 0 saturated carbocycles. The van der Waals surface area contributed by atoms with Gasteiger partial charge in [0.1, 0.15) is 0 Å². The molecule has 8 rings (SSSR count). The highest BCUT2D eigenvalue weighted by atomic mass is 14.9. The predicted molar refractivity (Wildman–Crippen MR) is 193 cm³/mol. The zero-order chi connectivity index (χ0) is 30.0. The molecule has 0 atom stereocenters. The number of nitrogens with one attached hydrogen (secondary N) is 1. The Morgan fingerprint density at radius 3 is 0.889 bits per heavy atom. The molecule has 8 aromatic carbocycles. The molecule has 0 bridgehead atoms. The molecule has 0 aliphatic rings. The summed E-state index contributed by atoms with van der Waals surface area (Å²) in [5.74, 6) is 0. The van der Waals surface area contributed by atoms with Crippen molar-refractivity contribution in [3.63, 3.8) is 0 Å². The summed E-state index contributed by atoms with van der Waals surface area (Å²) in [5.41, 5.74) is 12.0. The molecule has 212 valence electrons. The van der Waals surface area contributed by atoms with E-state index in [-0.39, 0.29) is 0 Å². The van der Waals surface area contributed by atoms with Crippen LogP contribution in [0.2, 0.25) is 0 Å². The van der Waals surface area contributed by atoms with Crippen LogP contribution in [0, 0.1) is 0 Å². The molecule has 0 unspecified atom stereocenters. The minimum Gasteiger partial charge on any atom is -0.356 e. The lowest BCUT2D eigenvalue weighted by Gasteiger charge is -2.14. The van der Waals surface area contributed by atoms with E-state index in [1.165, 1.54) is 66.1 Å². The summed E-state index contributed by atoms with van der Waals surface area (Å²) in [4.78, 5) is 0. The summed E-state index contributed by atoms with van der Waals surface area (Å²) in [6.07, 6.45) is 0. The van der Waals surface area contributed by atoms with E-state index in [0.717, 1.165) is 11.4 Å². The van der Waals surface area contributed by atoms with E-state index in [2.05, 4.69) is 187 Å². The number of hydrogen-bond acceptors (Lipinski definition) is 1. The zero-order valence-corrected chi connectivity index (χ0v) is 24.8. The number of hydrogen-bond donors (Lipinski definition) is 1. The lowest BCUT2D eigenvalue weighted by atomic mass is 9.91. The van der Waals surface area contributed by atoms with E-state index < -0.39 is 0 Å². The van der Waals surface area contributed by atoms with Gasteiger partial charge in [-0.2, -0.15) is 0 Å². The zero-order valence-electron chi connectivity index (χ0n) is 24.8. The minimum absolute atomic E-state index is 1.06. The van der Waals surface area contributed by atoms with E-state index in [9.17, 15) is 0 Å². The van der Waals surface area contributed by atoms with Crippen LogP contribution < -0.4 is 5.32 Å². The summed E-state index contributed by atoms with van der Waals surface area (Å²) >= 11 is 0. The molecule has 0 saturated heterocycles. The molecule has 0 aliphatic heterocycles. The number of benzene rings is 8. The van der Waals surface area contributed by atoms with Crippen molar-refractivity contribution >= 4 is 32.9 Å². The molecule has 1 heteroatoms. The average molecular weight is 574 g/mol. The van der Waals surface area contributed by atoms with Crippen molar-refractivity contribution in [3.05, 3.63) is 182 Å². The second-order valence-electron chi connectivity index (χ2n) is 11.4. The fourth-order valence-electron chi connectivity index (χ4n) is 6.51. The Morgan fingerprint density at radius 2 is 0.556 bits per heavy atom. The van der Waals surface area contributed by atoms with E-state index in [4.69, 9.17) is 0 Å². The Bertz CT molecular complexity index is 2070. The summed E-state index contributed by atoms with van der Waals surface area (Å²) < 4.78 is 0. The van der Waals surface area contributed by atoms with Gasteiger partial charge in [-0.25, -0.2) is 0 Å². The molecule has 0 aromatic heterocycles. The van der Waals surface area contributed by atoms with Gasteiger partial charge in [-0.15, -0.1) is 0 Å². The highest BCUT2D eigenvalue weighted by Crippen LogP contribution is 2.38. The van der Waals surface area contributed by atoms with Crippen molar-refractivity contribution in [2.45, 2.75) is 0 Å². The molecule has 0 amide bonds. The summed E-state index contributed by atoms with van der Waals surface area (Å²) in [7, 11) is 0. The van der Waals surface area contributed by atoms with Gasteiger partial charge in [-0.1, -0.05) is 158 Å². The van der Waals surface area contributed by atoms with Gasteiger partial charge < -0.3 is 5.32 Å². The number of anilines is 2. The SMILES string of the molecule is c1ccc(-c2cccc3cccc(-c4ccc(Nc5ccc(-c6cccc7cccc(-c8ccccc8)c67)cc5)cc4)c23)cc1. The first kappa shape index (κ1) is 26.7. The van der Waals surface area contributed by atoms with Gasteiger partial charge in [0, 0.05) is 11.4 Å². The normalized spacial score (nSPS) is 11.1. The monoisotopic (exact) mass is 573 g/mol. The van der Waals surface area contributed by atoms with E-state index in [1.807, 2.05) is 0 Å². The van der Waals surface area contributed by atoms with Crippen LogP contribution in [0.3, 0.4) is 0 Å². The highest BCUT2D eigenvalue weighted by molar-refractivity contribution is 6.07. The third-order valence-corrected chi connectivity index (χ3v) is 8.66. The fraction of sp³-hybridized carbons (Fsp3) is 0. The molecule has 45 heavy (non-hydrogen) atoms. The van der Waals surface area contributed by atoms with Crippen LogP contribution in [0.4, 0.5) is 11.4 Å². The van der Waals surface area contributed by atoms with E-state index >= 15 is 0 Å². The highest BCUT2D eigenvalue weighted by Gasteiger charge is 2.12. The van der Waals surface area contributed by atoms with Crippen LogP contribution in [0.25, 0.3) is 66.1 Å². The summed E-state index contributed by atoms with van der Waals surface area (Å²) in [6.45, 7) is 0. The van der Waals surface area contributed by atoms with Gasteiger partial charge in [0.05, 0.1) is 0 Å². The van der Waals surface area contributed by atoms with Crippen molar-refractivity contribution < 1.29 is 0 Å². The maximum atomic E-state index is 3.61. The Labute approximate surface area is 264 Å². The third kappa shape index (κ3) is 5.15. The van der Waals surface area contributed by atoms with Gasteiger partial charge in [0.2, 0.25) is 0 Å². The number of rotatable bonds is 6. The minimum atomic E-state index is 1.06. The van der Waals surface area contributed by atoms with Crippen LogP contribution >= 0.6 is 0 Å². The lowest BCUT2D eigenvalue weighted by Crippen LogP contribution is -1.91. The first-order chi connectivity index (χ1) is 22.3. The first-order valence-electron chi connectivity index (χ1n) is 15.4. The second kappa shape index (κ2) is 11.6. The lowest BCUT2D eigenvalue weighted by molar-refractivity contribution is 1.54. The molecule has 8 aromatic rings. The first-order valence-corrected chi connectivity index (χ1v) is 15.4. The molecule has 0 heterocycles. The fourth-order valence-corrected chi connectivity index (χ4v) is 6.51. The van der Waals surface area contributed by atoms with E-state index in [0.29, 0.717) is 0 Å². The second-order valence-corrected chi connectivity index (χ2v) is 11.4.